The minimum absolute atomic E-state index is 0.227. The second kappa shape index (κ2) is 5.07. The molecule has 1 fully saturated rings. The number of benzene rings is 1. The van der Waals surface area contributed by atoms with Gasteiger partial charge in [-0.3, -0.25) is 4.90 Å². The van der Waals surface area contributed by atoms with Gasteiger partial charge < -0.3 is 10.8 Å². The molecule has 1 aromatic rings. The third-order valence-electron chi connectivity index (χ3n) is 3.65. The standard InChI is InChI=1S/C14H22N2O/c1-10-7-12(15)9-16(8-10)11(2)13-5-3-4-6-14(13)17/h3-6,10-12,17H,7-9,15H2,1-2H3. The molecule has 3 nitrogen and oxygen atoms in total. The van der Waals surface area contributed by atoms with Crippen LogP contribution in [-0.4, -0.2) is 29.1 Å². The Kier molecular flexibility index (Phi) is 3.69. The smallest absolute Gasteiger partial charge is 0.120 e. The summed E-state index contributed by atoms with van der Waals surface area (Å²) in [7, 11) is 0. The summed E-state index contributed by atoms with van der Waals surface area (Å²) in [5, 5.41) is 9.89. The van der Waals surface area contributed by atoms with Crippen molar-refractivity contribution in [2.45, 2.75) is 32.4 Å². The second-order valence-corrected chi connectivity index (χ2v) is 5.29. The van der Waals surface area contributed by atoms with Crippen molar-refractivity contribution >= 4 is 0 Å². The van der Waals surface area contributed by atoms with E-state index in [4.69, 9.17) is 5.73 Å². The maximum absolute atomic E-state index is 9.89. The van der Waals surface area contributed by atoms with E-state index in [1.54, 1.807) is 6.07 Å². The second-order valence-electron chi connectivity index (χ2n) is 5.29. The summed E-state index contributed by atoms with van der Waals surface area (Å²) in [4.78, 5) is 2.37. The molecule has 0 spiro atoms. The topological polar surface area (TPSA) is 49.5 Å². The number of hydrogen-bond acceptors (Lipinski definition) is 3. The lowest BCUT2D eigenvalue weighted by atomic mass is 9.94. The van der Waals surface area contributed by atoms with Gasteiger partial charge >= 0.3 is 0 Å². The summed E-state index contributed by atoms with van der Waals surface area (Å²) in [6.45, 7) is 6.35. The fourth-order valence-electron chi connectivity index (χ4n) is 2.80. The van der Waals surface area contributed by atoms with Crippen LogP contribution in [0.15, 0.2) is 24.3 Å². The van der Waals surface area contributed by atoms with E-state index >= 15 is 0 Å². The van der Waals surface area contributed by atoms with Gasteiger partial charge in [-0.15, -0.1) is 0 Å². The third-order valence-corrected chi connectivity index (χ3v) is 3.65. The van der Waals surface area contributed by atoms with Gasteiger partial charge in [-0.25, -0.2) is 0 Å². The predicted molar refractivity (Wildman–Crippen MR) is 69.9 cm³/mol. The van der Waals surface area contributed by atoms with Crippen molar-refractivity contribution in [3.05, 3.63) is 29.8 Å². The number of para-hydroxylation sites is 1. The van der Waals surface area contributed by atoms with Crippen molar-refractivity contribution in [3.8, 4) is 5.75 Å². The van der Waals surface area contributed by atoms with Gasteiger partial charge in [0.15, 0.2) is 0 Å². The van der Waals surface area contributed by atoms with Gasteiger partial charge in [-0.05, 0) is 25.3 Å². The molecule has 1 saturated heterocycles. The lowest BCUT2D eigenvalue weighted by molar-refractivity contribution is 0.122. The minimum atomic E-state index is 0.227. The Bertz CT molecular complexity index is 370. The molecule has 1 aliphatic heterocycles. The first-order chi connectivity index (χ1) is 8.08. The molecule has 0 amide bonds. The van der Waals surface area contributed by atoms with Gasteiger partial charge in [0.2, 0.25) is 0 Å². The SMILES string of the molecule is CC1CC(N)CN(C(C)c2ccccc2O)C1. The highest BCUT2D eigenvalue weighted by Gasteiger charge is 2.27. The maximum atomic E-state index is 9.89. The van der Waals surface area contributed by atoms with Crippen molar-refractivity contribution in [2.75, 3.05) is 13.1 Å². The van der Waals surface area contributed by atoms with Crippen molar-refractivity contribution in [3.63, 3.8) is 0 Å². The predicted octanol–water partition coefficient (Wildman–Crippen LogP) is 2.12. The van der Waals surface area contributed by atoms with Gasteiger partial charge in [0.05, 0.1) is 0 Å². The van der Waals surface area contributed by atoms with E-state index in [0.29, 0.717) is 11.7 Å². The quantitative estimate of drug-likeness (QED) is 0.824. The molecule has 2 rings (SSSR count). The minimum Gasteiger partial charge on any atom is -0.508 e. The molecule has 17 heavy (non-hydrogen) atoms. The molecule has 0 aromatic heterocycles. The summed E-state index contributed by atoms with van der Waals surface area (Å²) in [6.07, 6.45) is 1.10. The molecule has 3 unspecified atom stereocenters. The Labute approximate surface area is 103 Å². The first kappa shape index (κ1) is 12.4. The maximum Gasteiger partial charge on any atom is 0.120 e. The first-order valence-electron chi connectivity index (χ1n) is 6.35. The van der Waals surface area contributed by atoms with Crippen LogP contribution in [-0.2, 0) is 0 Å². The molecule has 0 saturated carbocycles. The highest BCUT2D eigenvalue weighted by Crippen LogP contribution is 2.30. The van der Waals surface area contributed by atoms with E-state index in [9.17, 15) is 5.11 Å². The number of phenolic OH excluding ortho intramolecular Hbond substituents is 1. The molecule has 3 atom stereocenters. The Morgan fingerprint density at radius 2 is 2.06 bits per heavy atom. The van der Waals surface area contributed by atoms with E-state index in [0.717, 1.165) is 25.1 Å². The van der Waals surface area contributed by atoms with Crippen LogP contribution in [0, 0.1) is 5.92 Å². The molecular weight excluding hydrogens is 212 g/mol. The number of nitrogens with zero attached hydrogens (tertiary/aromatic N) is 1. The summed E-state index contributed by atoms with van der Waals surface area (Å²) in [5.74, 6) is 1.01. The average Bonchev–Trinajstić information content (AvgIpc) is 2.27. The number of phenols is 1. The van der Waals surface area contributed by atoms with Crippen molar-refractivity contribution in [1.29, 1.82) is 0 Å². The van der Waals surface area contributed by atoms with Crippen LogP contribution in [0.4, 0.5) is 0 Å². The van der Waals surface area contributed by atoms with Gasteiger partial charge in [0.25, 0.3) is 0 Å². The van der Waals surface area contributed by atoms with Crippen molar-refractivity contribution in [2.24, 2.45) is 11.7 Å². The van der Waals surface area contributed by atoms with Gasteiger partial charge in [0.1, 0.15) is 5.75 Å². The molecular formula is C14H22N2O. The summed E-state index contributed by atoms with van der Waals surface area (Å²) in [6, 6.07) is 8.05. The van der Waals surface area contributed by atoms with E-state index in [-0.39, 0.29) is 12.1 Å². The Morgan fingerprint density at radius 1 is 1.35 bits per heavy atom. The lowest BCUT2D eigenvalue weighted by Crippen LogP contribution is -2.47. The van der Waals surface area contributed by atoms with Crippen LogP contribution >= 0.6 is 0 Å². The first-order valence-corrected chi connectivity index (χ1v) is 6.35. The van der Waals surface area contributed by atoms with E-state index in [1.165, 1.54) is 0 Å². The zero-order chi connectivity index (χ0) is 12.4. The Morgan fingerprint density at radius 3 is 2.71 bits per heavy atom. The number of piperidine rings is 1. The van der Waals surface area contributed by atoms with E-state index in [1.807, 2.05) is 18.2 Å². The van der Waals surface area contributed by atoms with Crippen LogP contribution < -0.4 is 5.73 Å². The van der Waals surface area contributed by atoms with E-state index < -0.39 is 0 Å². The van der Waals surface area contributed by atoms with Gasteiger partial charge in [0, 0.05) is 30.7 Å². The monoisotopic (exact) mass is 234 g/mol. The molecule has 1 heterocycles. The van der Waals surface area contributed by atoms with Crippen LogP contribution in [0.2, 0.25) is 0 Å². The molecule has 1 aliphatic rings. The van der Waals surface area contributed by atoms with Crippen LogP contribution in [0.5, 0.6) is 5.75 Å². The third kappa shape index (κ3) is 2.79. The average molecular weight is 234 g/mol. The molecule has 94 valence electrons. The van der Waals surface area contributed by atoms with E-state index in [2.05, 4.69) is 18.7 Å². The highest BCUT2D eigenvalue weighted by molar-refractivity contribution is 5.34. The fraction of sp³-hybridized carbons (Fsp3) is 0.571. The number of nitrogens with two attached hydrogens (primary N) is 1. The molecule has 0 radical (unpaired) electrons. The largest absolute Gasteiger partial charge is 0.508 e. The normalized spacial score (nSPS) is 27.9. The Hall–Kier alpha value is -1.06. The summed E-state index contributed by atoms with van der Waals surface area (Å²) in [5.41, 5.74) is 7.06. The molecule has 1 aromatic carbocycles. The highest BCUT2D eigenvalue weighted by atomic mass is 16.3. The summed E-state index contributed by atoms with van der Waals surface area (Å²) >= 11 is 0. The fourth-order valence-corrected chi connectivity index (χ4v) is 2.80. The lowest BCUT2D eigenvalue weighted by Gasteiger charge is -2.38. The molecule has 3 N–H and O–H groups in total. The van der Waals surface area contributed by atoms with Gasteiger partial charge in [-0.2, -0.15) is 0 Å². The number of rotatable bonds is 2. The molecule has 0 bridgehead atoms. The summed E-state index contributed by atoms with van der Waals surface area (Å²) < 4.78 is 0. The molecule has 0 aliphatic carbocycles. The zero-order valence-electron chi connectivity index (χ0n) is 10.6. The van der Waals surface area contributed by atoms with Crippen LogP contribution in [0.1, 0.15) is 31.9 Å². The number of hydrogen-bond donors (Lipinski definition) is 2. The van der Waals surface area contributed by atoms with Crippen LogP contribution in [0.3, 0.4) is 0 Å². The number of likely N-dealkylation sites (tertiary alicyclic amines) is 1. The van der Waals surface area contributed by atoms with Crippen molar-refractivity contribution < 1.29 is 5.11 Å². The zero-order valence-corrected chi connectivity index (χ0v) is 10.6. The van der Waals surface area contributed by atoms with Crippen molar-refractivity contribution in [1.82, 2.24) is 4.90 Å². The van der Waals surface area contributed by atoms with Crippen LogP contribution in [0.25, 0.3) is 0 Å². The number of aromatic hydroxyl groups is 1. The van der Waals surface area contributed by atoms with Gasteiger partial charge in [-0.1, -0.05) is 25.1 Å². The Balaban J connectivity index is 2.14. The molecule has 3 heteroatoms.